The van der Waals surface area contributed by atoms with Crippen molar-refractivity contribution in [1.29, 1.82) is 0 Å². The molecular weight excluding hydrogens is 381 g/mol. The number of hydrogen-bond acceptors (Lipinski definition) is 4. The molecule has 1 heterocycles. The lowest BCUT2D eigenvalue weighted by atomic mass is 9.97. The highest BCUT2D eigenvalue weighted by atomic mass is 127. The van der Waals surface area contributed by atoms with Gasteiger partial charge in [0.15, 0.2) is 11.8 Å². The molecule has 0 spiro atoms. The summed E-state index contributed by atoms with van der Waals surface area (Å²) in [6.07, 6.45) is 2.31. The van der Waals surface area contributed by atoms with Gasteiger partial charge in [0.1, 0.15) is 0 Å². The molecule has 21 heavy (non-hydrogen) atoms. The average molecular weight is 409 g/mol. The lowest BCUT2D eigenvalue weighted by Gasteiger charge is -2.21. The summed E-state index contributed by atoms with van der Waals surface area (Å²) in [4.78, 5) is 10.8. The van der Waals surface area contributed by atoms with Gasteiger partial charge in [0.05, 0.1) is 6.54 Å². The number of unbranched alkanes of at least 4 members (excludes halogenated alkanes) is 1. The molecule has 1 aromatic rings. The Balaban J connectivity index is 0.00000400. The van der Waals surface area contributed by atoms with Gasteiger partial charge in [-0.25, -0.2) is 0 Å². The first-order chi connectivity index (χ1) is 9.38. The molecule has 122 valence electrons. The molecule has 0 bridgehead atoms. The minimum absolute atomic E-state index is 0. The number of guanidine groups is 1. The summed E-state index contributed by atoms with van der Waals surface area (Å²) < 4.78 is 5.27. The van der Waals surface area contributed by atoms with Gasteiger partial charge in [-0.1, -0.05) is 39.3 Å². The lowest BCUT2D eigenvalue weighted by molar-refractivity contribution is 0.318. The number of halogens is 1. The summed E-state index contributed by atoms with van der Waals surface area (Å²) in [5.74, 6) is 2.16. The largest absolute Gasteiger partial charge is 0.349 e. The highest BCUT2D eigenvalue weighted by Gasteiger charge is 2.21. The summed E-state index contributed by atoms with van der Waals surface area (Å²) in [6, 6.07) is 0. The second-order valence-electron chi connectivity index (χ2n) is 5.94. The molecule has 0 aromatic carbocycles. The van der Waals surface area contributed by atoms with Crippen molar-refractivity contribution in [2.24, 2.45) is 4.99 Å². The summed E-state index contributed by atoms with van der Waals surface area (Å²) in [6.45, 7) is 9.83. The van der Waals surface area contributed by atoms with Crippen LogP contribution in [0.2, 0.25) is 0 Å². The van der Waals surface area contributed by atoms with Crippen LogP contribution in [0.5, 0.6) is 0 Å². The normalized spacial score (nSPS) is 12.0. The van der Waals surface area contributed by atoms with E-state index >= 15 is 0 Å². The van der Waals surface area contributed by atoms with E-state index < -0.39 is 0 Å². The summed E-state index contributed by atoms with van der Waals surface area (Å²) in [5, 5.41) is 7.24. The van der Waals surface area contributed by atoms with Gasteiger partial charge >= 0.3 is 0 Å². The Hall–Kier alpha value is -0.860. The zero-order chi connectivity index (χ0) is 15.2. The number of aliphatic imine (C=N–C) groups is 1. The van der Waals surface area contributed by atoms with Gasteiger partial charge in [0.25, 0.3) is 0 Å². The minimum atomic E-state index is -0.120. The van der Waals surface area contributed by atoms with Crippen molar-refractivity contribution in [3.8, 4) is 0 Å². The smallest absolute Gasteiger partial charge is 0.232 e. The maximum absolute atomic E-state index is 5.27. The molecule has 7 heteroatoms. The van der Waals surface area contributed by atoms with Crippen LogP contribution in [0, 0.1) is 0 Å². The molecule has 0 fully saturated rings. The molecule has 0 aliphatic carbocycles. The minimum Gasteiger partial charge on any atom is -0.349 e. The van der Waals surface area contributed by atoms with Crippen LogP contribution in [0.3, 0.4) is 0 Å². The van der Waals surface area contributed by atoms with Crippen molar-refractivity contribution >= 4 is 29.9 Å². The third kappa shape index (κ3) is 6.62. The fourth-order valence-electron chi connectivity index (χ4n) is 1.67. The van der Waals surface area contributed by atoms with Crippen LogP contribution in [0.1, 0.15) is 52.3 Å². The Kier molecular flexibility index (Phi) is 8.84. The molecule has 0 saturated carbocycles. The molecule has 6 nitrogen and oxygen atoms in total. The van der Waals surface area contributed by atoms with E-state index in [2.05, 4.69) is 53.0 Å². The van der Waals surface area contributed by atoms with E-state index in [-0.39, 0.29) is 29.4 Å². The third-order valence-electron chi connectivity index (χ3n) is 2.93. The number of aromatic nitrogens is 2. The first kappa shape index (κ1) is 20.1. The first-order valence-corrected chi connectivity index (χ1v) is 7.13. The molecule has 0 amide bonds. The molecule has 0 aliphatic heterocycles. The van der Waals surface area contributed by atoms with Crippen molar-refractivity contribution < 1.29 is 4.52 Å². The Morgan fingerprint density at radius 3 is 2.52 bits per heavy atom. The Bertz CT molecular complexity index is 439. The standard InChI is InChI=1S/C14H27N5O.HI/c1-7-8-9-19(6)13(15-5)16-10-11-17-12(20-18-11)14(2,3)4;/h7-10H2,1-6H3,(H,15,16);1H. The van der Waals surface area contributed by atoms with E-state index in [1.54, 1.807) is 7.05 Å². The molecule has 1 N–H and O–H groups in total. The summed E-state index contributed by atoms with van der Waals surface area (Å²) >= 11 is 0. The number of hydrogen-bond donors (Lipinski definition) is 1. The Labute approximate surface area is 144 Å². The van der Waals surface area contributed by atoms with E-state index in [0.717, 1.165) is 18.9 Å². The Morgan fingerprint density at radius 2 is 2.05 bits per heavy atom. The molecule has 0 atom stereocenters. The second-order valence-corrected chi connectivity index (χ2v) is 5.94. The molecule has 0 aliphatic rings. The highest BCUT2D eigenvalue weighted by molar-refractivity contribution is 14.0. The zero-order valence-corrected chi connectivity index (χ0v) is 16.3. The topological polar surface area (TPSA) is 66.5 Å². The maximum Gasteiger partial charge on any atom is 0.232 e. The quantitative estimate of drug-likeness (QED) is 0.460. The zero-order valence-electron chi connectivity index (χ0n) is 13.9. The molecule has 0 unspecified atom stereocenters. The molecule has 0 saturated heterocycles. The third-order valence-corrected chi connectivity index (χ3v) is 2.93. The van der Waals surface area contributed by atoms with Crippen molar-refractivity contribution in [2.75, 3.05) is 20.6 Å². The van der Waals surface area contributed by atoms with Gasteiger partial charge in [0.2, 0.25) is 5.89 Å². The van der Waals surface area contributed by atoms with E-state index in [1.807, 2.05) is 7.05 Å². The van der Waals surface area contributed by atoms with Crippen molar-refractivity contribution in [1.82, 2.24) is 20.4 Å². The lowest BCUT2D eigenvalue weighted by Crippen LogP contribution is -2.39. The second kappa shape index (κ2) is 9.22. The van der Waals surface area contributed by atoms with Crippen LogP contribution in [0.4, 0.5) is 0 Å². The van der Waals surface area contributed by atoms with Crippen molar-refractivity contribution in [3.05, 3.63) is 11.7 Å². The first-order valence-electron chi connectivity index (χ1n) is 7.13. The molecule has 1 rings (SSSR count). The van der Waals surface area contributed by atoms with Gasteiger partial charge in [-0.3, -0.25) is 4.99 Å². The number of nitrogens with one attached hydrogen (secondary N) is 1. The van der Waals surface area contributed by atoms with E-state index in [9.17, 15) is 0 Å². The van der Waals surface area contributed by atoms with Crippen LogP contribution in [0.25, 0.3) is 0 Å². The predicted molar refractivity (Wildman–Crippen MR) is 96.1 cm³/mol. The average Bonchev–Trinajstić information content (AvgIpc) is 2.85. The fraction of sp³-hybridized carbons (Fsp3) is 0.786. The molecular formula is C14H28IN5O. The van der Waals surface area contributed by atoms with Gasteiger partial charge in [-0.05, 0) is 6.42 Å². The highest BCUT2D eigenvalue weighted by Crippen LogP contribution is 2.19. The van der Waals surface area contributed by atoms with E-state index in [1.165, 1.54) is 6.42 Å². The molecule has 1 aromatic heterocycles. The van der Waals surface area contributed by atoms with Crippen molar-refractivity contribution in [3.63, 3.8) is 0 Å². The van der Waals surface area contributed by atoms with Crippen LogP contribution < -0.4 is 5.32 Å². The summed E-state index contributed by atoms with van der Waals surface area (Å²) in [7, 11) is 3.81. The molecule has 0 radical (unpaired) electrons. The van der Waals surface area contributed by atoms with Crippen LogP contribution in [-0.4, -0.2) is 41.6 Å². The van der Waals surface area contributed by atoms with Gasteiger partial charge in [-0.15, -0.1) is 24.0 Å². The Morgan fingerprint density at radius 1 is 1.38 bits per heavy atom. The van der Waals surface area contributed by atoms with Gasteiger partial charge < -0.3 is 14.7 Å². The van der Waals surface area contributed by atoms with Gasteiger partial charge in [-0.2, -0.15) is 4.98 Å². The fourth-order valence-corrected chi connectivity index (χ4v) is 1.67. The van der Waals surface area contributed by atoms with E-state index in [4.69, 9.17) is 4.52 Å². The van der Waals surface area contributed by atoms with Gasteiger partial charge in [0, 0.05) is 26.1 Å². The van der Waals surface area contributed by atoms with Crippen LogP contribution >= 0.6 is 24.0 Å². The number of rotatable bonds is 5. The number of nitrogens with zero attached hydrogens (tertiary/aromatic N) is 4. The predicted octanol–water partition coefficient (Wildman–Crippen LogP) is 2.79. The van der Waals surface area contributed by atoms with Crippen LogP contribution in [0.15, 0.2) is 9.52 Å². The maximum atomic E-state index is 5.27. The van der Waals surface area contributed by atoms with E-state index in [0.29, 0.717) is 18.3 Å². The van der Waals surface area contributed by atoms with Crippen LogP contribution in [-0.2, 0) is 12.0 Å². The summed E-state index contributed by atoms with van der Waals surface area (Å²) in [5.41, 5.74) is -0.120. The SMILES string of the molecule is CCCCN(C)C(=NC)NCc1noc(C(C)(C)C)n1.I. The monoisotopic (exact) mass is 409 g/mol. The van der Waals surface area contributed by atoms with Crippen molar-refractivity contribution in [2.45, 2.75) is 52.5 Å².